The summed E-state index contributed by atoms with van der Waals surface area (Å²) in [6.45, 7) is 11.2. The maximum absolute atomic E-state index is 4.88. The number of thiazole rings is 1. The second-order valence-electron chi connectivity index (χ2n) is 5.87. The van der Waals surface area contributed by atoms with Crippen LogP contribution in [0, 0.1) is 0 Å². The molecular weight excluding hydrogens is 280 g/mol. The van der Waals surface area contributed by atoms with Crippen molar-refractivity contribution in [3.63, 3.8) is 0 Å². The Balaban J connectivity index is 1.93. The van der Waals surface area contributed by atoms with Crippen molar-refractivity contribution in [2.45, 2.75) is 46.1 Å². The number of rotatable bonds is 9. The SMILES string of the molecule is CCCc1nc(N(C)CCN2CCCC2)sc1CNCC. The number of aromatic nitrogens is 1. The molecular formula is C16H30N4S. The number of aryl methyl sites for hydroxylation is 1. The smallest absolute Gasteiger partial charge is 0.185 e. The molecule has 2 rings (SSSR count). The largest absolute Gasteiger partial charge is 0.350 e. The molecule has 0 spiro atoms. The summed E-state index contributed by atoms with van der Waals surface area (Å²) in [4.78, 5) is 11.2. The molecule has 5 heteroatoms. The minimum Gasteiger partial charge on any atom is -0.350 e. The van der Waals surface area contributed by atoms with Crippen LogP contribution >= 0.6 is 11.3 Å². The van der Waals surface area contributed by atoms with Gasteiger partial charge in [-0.1, -0.05) is 20.3 Å². The van der Waals surface area contributed by atoms with Crippen LogP contribution in [0.2, 0.25) is 0 Å². The Kier molecular flexibility index (Phi) is 6.93. The molecule has 1 aliphatic heterocycles. The summed E-state index contributed by atoms with van der Waals surface area (Å²) < 4.78 is 0. The fourth-order valence-electron chi connectivity index (χ4n) is 2.74. The lowest BCUT2D eigenvalue weighted by Crippen LogP contribution is -2.31. The van der Waals surface area contributed by atoms with E-state index < -0.39 is 0 Å². The average Bonchev–Trinajstić information content (AvgIpc) is 3.13. The van der Waals surface area contributed by atoms with Crippen molar-refractivity contribution in [1.29, 1.82) is 0 Å². The number of anilines is 1. The third-order valence-electron chi connectivity index (χ3n) is 4.07. The highest BCUT2D eigenvalue weighted by Crippen LogP contribution is 2.26. The lowest BCUT2D eigenvalue weighted by Gasteiger charge is -2.20. The van der Waals surface area contributed by atoms with E-state index in [1.54, 1.807) is 0 Å². The van der Waals surface area contributed by atoms with E-state index in [1.165, 1.54) is 54.6 Å². The van der Waals surface area contributed by atoms with Crippen LogP contribution in [0.4, 0.5) is 5.13 Å². The molecule has 0 aromatic carbocycles. The van der Waals surface area contributed by atoms with Gasteiger partial charge >= 0.3 is 0 Å². The Morgan fingerprint density at radius 3 is 2.71 bits per heavy atom. The Morgan fingerprint density at radius 1 is 1.29 bits per heavy atom. The maximum Gasteiger partial charge on any atom is 0.185 e. The number of likely N-dealkylation sites (tertiary alicyclic amines) is 1. The highest BCUT2D eigenvalue weighted by molar-refractivity contribution is 7.15. The van der Waals surface area contributed by atoms with Crippen molar-refractivity contribution < 1.29 is 0 Å². The van der Waals surface area contributed by atoms with Gasteiger partial charge in [-0.3, -0.25) is 0 Å². The number of likely N-dealkylation sites (N-methyl/N-ethyl adjacent to an activating group) is 1. The maximum atomic E-state index is 4.88. The van der Waals surface area contributed by atoms with Gasteiger partial charge in [-0.05, 0) is 38.9 Å². The summed E-state index contributed by atoms with van der Waals surface area (Å²) in [5.41, 5.74) is 1.30. The second kappa shape index (κ2) is 8.71. The van der Waals surface area contributed by atoms with Crippen molar-refractivity contribution in [1.82, 2.24) is 15.2 Å². The molecule has 1 N–H and O–H groups in total. The highest BCUT2D eigenvalue weighted by Gasteiger charge is 2.15. The molecule has 0 aliphatic carbocycles. The fraction of sp³-hybridized carbons (Fsp3) is 0.812. The highest BCUT2D eigenvalue weighted by atomic mass is 32.1. The predicted octanol–water partition coefficient (Wildman–Crippen LogP) is 2.74. The van der Waals surface area contributed by atoms with Crippen LogP contribution in [0.3, 0.4) is 0 Å². The summed E-state index contributed by atoms with van der Waals surface area (Å²) in [5.74, 6) is 0. The van der Waals surface area contributed by atoms with Crippen LogP contribution in [0.15, 0.2) is 0 Å². The van der Waals surface area contributed by atoms with Gasteiger partial charge in [0.25, 0.3) is 0 Å². The number of hydrogen-bond donors (Lipinski definition) is 1. The Bertz CT molecular complexity index is 412. The van der Waals surface area contributed by atoms with E-state index >= 15 is 0 Å². The standard InChI is InChI=1S/C16H30N4S/c1-4-8-14-15(13-17-5-2)21-16(18-14)19(3)11-12-20-9-6-7-10-20/h17H,4-13H2,1-3H3. The quantitative estimate of drug-likeness (QED) is 0.760. The van der Waals surface area contributed by atoms with Gasteiger partial charge in [0.1, 0.15) is 0 Å². The van der Waals surface area contributed by atoms with Crippen LogP contribution in [-0.4, -0.2) is 49.7 Å². The molecule has 120 valence electrons. The Morgan fingerprint density at radius 2 is 2.05 bits per heavy atom. The number of hydrogen-bond acceptors (Lipinski definition) is 5. The lowest BCUT2D eigenvalue weighted by molar-refractivity contribution is 0.346. The van der Waals surface area contributed by atoms with Gasteiger partial charge in [0.05, 0.1) is 5.69 Å². The third-order valence-corrected chi connectivity index (χ3v) is 5.28. The molecule has 1 fully saturated rings. The molecule has 0 unspecified atom stereocenters. The lowest BCUT2D eigenvalue weighted by atomic mass is 10.2. The molecule has 0 atom stereocenters. The summed E-state index contributed by atoms with van der Waals surface area (Å²) in [6, 6.07) is 0. The zero-order valence-electron chi connectivity index (χ0n) is 13.8. The van der Waals surface area contributed by atoms with Crippen LogP contribution in [0.1, 0.15) is 43.7 Å². The first-order chi connectivity index (χ1) is 10.2. The van der Waals surface area contributed by atoms with Crippen LogP contribution in [0.5, 0.6) is 0 Å². The molecule has 4 nitrogen and oxygen atoms in total. The minimum atomic E-state index is 0.962. The predicted molar refractivity (Wildman–Crippen MR) is 92.4 cm³/mol. The van der Waals surface area contributed by atoms with E-state index in [9.17, 15) is 0 Å². The van der Waals surface area contributed by atoms with E-state index in [1.807, 2.05) is 11.3 Å². The zero-order valence-corrected chi connectivity index (χ0v) is 14.6. The molecule has 1 saturated heterocycles. The molecule has 0 bridgehead atoms. The van der Waals surface area contributed by atoms with Crippen LogP contribution in [-0.2, 0) is 13.0 Å². The molecule has 1 aromatic rings. The van der Waals surface area contributed by atoms with E-state index in [4.69, 9.17) is 4.98 Å². The van der Waals surface area contributed by atoms with Crippen molar-refractivity contribution in [3.8, 4) is 0 Å². The number of nitrogens with one attached hydrogen (secondary N) is 1. The van der Waals surface area contributed by atoms with Crippen LogP contribution in [0.25, 0.3) is 0 Å². The molecule has 0 radical (unpaired) electrons. The normalized spacial score (nSPS) is 15.8. The topological polar surface area (TPSA) is 31.4 Å². The van der Waals surface area contributed by atoms with E-state index in [0.29, 0.717) is 0 Å². The molecule has 1 aromatic heterocycles. The van der Waals surface area contributed by atoms with E-state index in [-0.39, 0.29) is 0 Å². The molecule has 2 heterocycles. The second-order valence-corrected chi connectivity index (χ2v) is 6.93. The average molecular weight is 311 g/mol. The monoisotopic (exact) mass is 310 g/mol. The summed E-state index contributed by atoms with van der Waals surface area (Å²) >= 11 is 1.86. The van der Waals surface area contributed by atoms with Gasteiger partial charge < -0.3 is 15.1 Å². The Hall–Kier alpha value is -0.650. The summed E-state index contributed by atoms with van der Waals surface area (Å²) in [7, 11) is 2.18. The van der Waals surface area contributed by atoms with Crippen molar-refractivity contribution in [2.75, 3.05) is 44.7 Å². The molecule has 1 aliphatic rings. The van der Waals surface area contributed by atoms with Crippen molar-refractivity contribution in [3.05, 3.63) is 10.6 Å². The third kappa shape index (κ3) is 4.94. The minimum absolute atomic E-state index is 0.962. The van der Waals surface area contributed by atoms with Gasteiger partial charge in [-0.2, -0.15) is 0 Å². The molecule has 0 saturated carbocycles. The van der Waals surface area contributed by atoms with Gasteiger partial charge in [0, 0.05) is 31.6 Å². The Labute approximate surface area is 133 Å². The van der Waals surface area contributed by atoms with Gasteiger partial charge in [-0.15, -0.1) is 11.3 Å². The zero-order chi connectivity index (χ0) is 15.1. The first kappa shape index (κ1) is 16.7. The molecule has 21 heavy (non-hydrogen) atoms. The van der Waals surface area contributed by atoms with E-state index in [2.05, 4.69) is 36.0 Å². The number of nitrogens with zero attached hydrogens (tertiary/aromatic N) is 3. The van der Waals surface area contributed by atoms with Gasteiger partial charge in [-0.25, -0.2) is 4.98 Å². The summed E-state index contributed by atoms with van der Waals surface area (Å²) in [6.07, 6.45) is 5.00. The van der Waals surface area contributed by atoms with Crippen LogP contribution < -0.4 is 10.2 Å². The van der Waals surface area contributed by atoms with E-state index in [0.717, 1.165) is 26.1 Å². The summed E-state index contributed by atoms with van der Waals surface area (Å²) in [5, 5.41) is 4.62. The van der Waals surface area contributed by atoms with Crippen molar-refractivity contribution >= 4 is 16.5 Å². The van der Waals surface area contributed by atoms with Gasteiger partial charge in [0.15, 0.2) is 5.13 Å². The molecule has 0 amide bonds. The fourth-order valence-corrected chi connectivity index (χ4v) is 3.80. The van der Waals surface area contributed by atoms with Gasteiger partial charge in [0.2, 0.25) is 0 Å². The van der Waals surface area contributed by atoms with Crippen molar-refractivity contribution in [2.24, 2.45) is 0 Å². The first-order valence-electron chi connectivity index (χ1n) is 8.37. The first-order valence-corrected chi connectivity index (χ1v) is 9.19.